The van der Waals surface area contributed by atoms with E-state index >= 15 is 0 Å². The summed E-state index contributed by atoms with van der Waals surface area (Å²) in [6.07, 6.45) is 6.11. The third-order valence-electron chi connectivity index (χ3n) is 3.82. The minimum atomic E-state index is -0.189. The largest absolute Gasteiger partial charge is 0.369 e. The summed E-state index contributed by atoms with van der Waals surface area (Å²) in [7, 11) is 1.61. The number of aromatic nitrogens is 2. The van der Waals surface area contributed by atoms with Crippen LogP contribution in [0.15, 0.2) is 16.2 Å². The molecule has 1 saturated heterocycles. The van der Waals surface area contributed by atoms with Gasteiger partial charge in [-0.1, -0.05) is 19.1 Å². The second-order valence-corrected chi connectivity index (χ2v) is 5.50. The predicted molar refractivity (Wildman–Crippen MR) is 83.2 cm³/mol. The van der Waals surface area contributed by atoms with Gasteiger partial charge in [-0.15, -0.1) is 0 Å². The van der Waals surface area contributed by atoms with Crippen LogP contribution in [0.4, 0.5) is 0 Å². The van der Waals surface area contributed by atoms with Gasteiger partial charge in [-0.05, 0) is 25.3 Å². The first-order valence-corrected chi connectivity index (χ1v) is 7.55. The molecule has 1 aliphatic rings. The average Bonchev–Trinajstić information content (AvgIpc) is 3.00. The normalized spacial score (nSPS) is 14.4. The molecule has 1 aliphatic heterocycles. The van der Waals surface area contributed by atoms with Gasteiger partial charge in [-0.3, -0.25) is 19.4 Å². The first-order valence-electron chi connectivity index (χ1n) is 7.55. The lowest BCUT2D eigenvalue weighted by Gasteiger charge is -2.17. The van der Waals surface area contributed by atoms with Crippen molar-refractivity contribution in [1.82, 2.24) is 14.7 Å². The maximum atomic E-state index is 12.0. The number of carbonyl (C=O) groups is 1. The standard InChI is InChI=1S/C16H23N3O2/c1-4-5-10-19-11-6-7-13(19)8-9-14-15(12(2)20)17-18(3)16(14)21/h9,17H,4-7,10-11H2,1-3H3. The molecule has 0 radical (unpaired) electrons. The molecule has 0 spiro atoms. The van der Waals surface area contributed by atoms with Crippen LogP contribution >= 0.6 is 0 Å². The number of Topliss-reactive ketones (excluding diaryl/α,β-unsaturated/α-hetero) is 1. The molecule has 0 aromatic carbocycles. The Morgan fingerprint density at radius 1 is 1.48 bits per heavy atom. The number of nitrogens with one attached hydrogen (secondary N) is 1. The summed E-state index contributed by atoms with van der Waals surface area (Å²) in [6.45, 7) is 5.73. The van der Waals surface area contributed by atoms with Gasteiger partial charge in [-0.2, -0.15) is 0 Å². The number of allylic oxidation sites excluding steroid dienone is 1. The zero-order valence-corrected chi connectivity index (χ0v) is 13.0. The molecule has 0 atom stereocenters. The highest BCUT2D eigenvalue weighted by atomic mass is 16.1. The van der Waals surface area contributed by atoms with Crippen LogP contribution in [0.1, 0.15) is 55.6 Å². The Bertz CT molecular complexity index is 645. The lowest BCUT2D eigenvalue weighted by atomic mass is 10.2. The number of H-pyrrole nitrogens is 1. The van der Waals surface area contributed by atoms with Crippen molar-refractivity contribution < 1.29 is 4.79 Å². The van der Waals surface area contributed by atoms with Gasteiger partial charge < -0.3 is 4.90 Å². The number of nitrogens with zero attached hydrogens (tertiary/aromatic N) is 2. The number of rotatable bonds is 5. The second-order valence-electron chi connectivity index (χ2n) is 5.50. The van der Waals surface area contributed by atoms with E-state index in [0.29, 0.717) is 11.3 Å². The van der Waals surface area contributed by atoms with E-state index in [4.69, 9.17) is 0 Å². The molecule has 1 N–H and O–H groups in total. The predicted octanol–water partition coefficient (Wildman–Crippen LogP) is 2.31. The van der Waals surface area contributed by atoms with Crippen LogP contribution in [0.3, 0.4) is 0 Å². The number of hydrogen-bond donors (Lipinski definition) is 1. The number of ketones is 1. The zero-order valence-electron chi connectivity index (χ0n) is 13.0. The molecule has 2 rings (SSSR count). The molecule has 1 fully saturated rings. The van der Waals surface area contributed by atoms with Crippen molar-refractivity contribution in [2.24, 2.45) is 7.05 Å². The maximum absolute atomic E-state index is 12.0. The van der Waals surface area contributed by atoms with E-state index in [9.17, 15) is 9.59 Å². The third kappa shape index (κ3) is 3.37. The van der Waals surface area contributed by atoms with Gasteiger partial charge in [-0.25, -0.2) is 0 Å². The van der Waals surface area contributed by atoms with Crippen LogP contribution in [0.25, 0.3) is 6.08 Å². The summed E-state index contributed by atoms with van der Waals surface area (Å²) in [6, 6.07) is 0. The number of likely N-dealkylation sites (tertiary alicyclic amines) is 1. The minimum absolute atomic E-state index is 0.139. The van der Waals surface area contributed by atoms with E-state index in [-0.39, 0.29) is 11.3 Å². The lowest BCUT2D eigenvalue weighted by molar-refractivity contribution is 0.101. The Labute approximate surface area is 124 Å². The van der Waals surface area contributed by atoms with Crippen LogP contribution in [0.5, 0.6) is 0 Å². The first kappa shape index (κ1) is 15.4. The zero-order chi connectivity index (χ0) is 15.4. The highest BCUT2D eigenvalue weighted by Gasteiger charge is 2.17. The van der Waals surface area contributed by atoms with Crippen molar-refractivity contribution in [2.45, 2.75) is 39.5 Å². The SMILES string of the molecule is CCCCN1CCCC1=C=Cc1c(C(C)=O)[nH]n(C)c1=O. The highest BCUT2D eigenvalue weighted by molar-refractivity contribution is 5.95. The molecule has 0 amide bonds. The summed E-state index contributed by atoms with van der Waals surface area (Å²) >= 11 is 0. The molecule has 0 unspecified atom stereocenters. The Kier molecular flexibility index (Phi) is 4.86. The maximum Gasteiger partial charge on any atom is 0.274 e. The third-order valence-corrected chi connectivity index (χ3v) is 3.82. The van der Waals surface area contributed by atoms with Crippen molar-refractivity contribution in [1.29, 1.82) is 0 Å². The molecule has 0 saturated carbocycles. The Balaban J connectivity index is 2.34. The summed E-state index contributed by atoms with van der Waals surface area (Å²) in [5.41, 5.74) is 4.95. The molecule has 2 heterocycles. The van der Waals surface area contributed by atoms with Crippen LogP contribution in [0, 0.1) is 0 Å². The number of carbonyl (C=O) groups excluding carboxylic acids is 1. The van der Waals surface area contributed by atoms with Gasteiger partial charge in [0.25, 0.3) is 5.56 Å². The van der Waals surface area contributed by atoms with E-state index in [2.05, 4.69) is 22.7 Å². The molecule has 0 aliphatic carbocycles. The van der Waals surface area contributed by atoms with Gasteiger partial charge in [0.1, 0.15) is 5.69 Å². The summed E-state index contributed by atoms with van der Waals surface area (Å²) in [5.74, 6) is -0.139. The fraction of sp³-hybridized carbons (Fsp3) is 0.562. The van der Waals surface area contributed by atoms with E-state index < -0.39 is 0 Å². The van der Waals surface area contributed by atoms with E-state index in [0.717, 1.165) is 38.0 Å². The van der Waals surface area contributed by atoms with Crippen molar-refractivity contribution in [3.8, 4) is 0 Å². The van der Waals surface area contributed by atoms with Crippen molar-refractivity contribution in [3.05, 3.63) is 33.0 Å². The van der Waals surface area contributed by atoms with E-state index in [1.54, 1.807) is 13.1 Å². The number of hydrogen-bond acceptors (Lipinski definition) is 3. The molecular formula is C16H23N3O2. The fourth-order valence-electron chi connectivity index (χ4n) is 2.61. The number of aryl methyl sites for hydroxylation is 1. The molecule has 5 nitrogen and oxygen atoms in total. The molecule has 5 heteroatoms. The number of unbranched alkanes of at least 4 members (excludes halogenated alkanes) is 1. The Morgan fingerprint density at radius 2 is 2.24 bits per heavy atom. The minimum Gasteiger partial charge on any atom is -0.369 e. The monoisotopic (exact) mass is 289 g/mol. The van der Waals surface area contributed by atoms with E-state index in [1.807, 2.05) is 0 Å². The van der Waals surface area contributed by atoms with E-state index in [1.165, 1.54) is 18.0 Å². The topological polar surface area (TPSA) is 58.1 Å². The summed E-state index contributed by atoms with van der Waals surface area (Å²) < 4.78 is 1.33. The van der Waals surface area contributed by atoms with Gasteiger partial charge in [0.15, 0.2) is 5.78 Å². The molecule has 1 aromatic rings. The van der Waals surface area contributed by atoms with Gasteiger partial charge in [0.05, 0.1) is 11.3 Å². The van der Waals surface area contributed by atoms with Crippen molar-refractivity contribution in [3.63, 3.8) is 0 Å². The fourth-order valence-corrected chi connectivity index (χ4v) is 2.61. The molecule has 0 bridgehead atoms. The molecular weight excluding hydrogens is 266 g/mol. The van der Waals surface area contributed by atoms with Crippen LogP contribution in [0.2, 0.25) is 0 Å². The van der Waals surface area contributed by atoms with Crippen LogP contribution in [-0.2, 0) is 7.05 Å². The Hall–Kier alpha value is -2.00. The van der Waals surface area contributed by atoms with Gasteiger partial charge >= 0.3 is 0 Å². The number of aromatic amines is 1. The quantitative estimate of drug-likeness (QED) is 0.668. The first-order chi connectivity index (χ1) is 10.0. The Morgan fingerprint density at radius 3 is 2.90 bits per heavy atom. The average molecular weight is 289 g/mol. The lowest BCUT2D eigenvalue weighted by Crippen LogP contribution is -2.18. The van der Waals surface area contributed by atoms with Crippen LogP contribution < -0.4 is 5.56 Å². The molecule has 1 aromatic heterocycles. The van der Waals surface area contributed by atoms with Crippen molar-refractivity contribution >= 4 is 11.9 Å². The van der Waals surface area contributed by atoms with Gasteiger partial charge in [0, 0.05) is 27.1 Å². The smallest absolute Gasteiger partial charge is 0.274 e. The second kappa shape index (κ2) is 6.64. The highest BCUT2D eigenvalue weighted by Crippen LogP contribution is 2.20. The summed E-state index contributed by atoms with van der Waals surface area (Å²) in [5, 5.41) is 2.79. The van der Waals surface area contributed by atoms with Crippen LogP contribution in [-0.4, -0.2) is 33.6 Å². The molecule has 114 valence electrons. The molecule has 21 heavy (non-hydrogen) atoms. The van der Waals surface area contributed by atoms with Gasteiger partial charge in [0.2, 0.25) is 0 Å². The van der Waals surface area contributed by atoms with Crippen molar-refractivity contribution in [2.75, 3.05) is 13.1 Å². The summed E-state index contributed by atoms with van der Waals surface area (Å²) in [4.78, 5) is 25.9.